The fraction of sp³-hybridized carbons (Fsp3) is 0.600. The van der Waals surface area contributed by atoms with Gasteiger partial charge in [0.1, 0.15) is 6.10 Å². The molecule has 0 aromatic rings. The van der Waals surface area contributed by atoms with Gasteiger partial charge in [-0.2, -0.15) is 0 Å². The highest BCUT2D eigenvalue weighted by atomic mass is 16.6. The maximum absolute atomic E-state index is 11.6. The van der Waals surface area contributed by atoms with Crippen molar-refractivity contribution in [1.82, 2.24) is 0 Å². The Balaban J connectivity index is 2.96. The summed E-state index contributed by atoms with van der Waals surface area (Å²) in [7, 11) is 1.23. The third-order valence-electron chi connectivity index (χ3n) is 2.31. The number of cyclic esters (lactones) is 1. The number of allylic oxidation sites excluding steroid dienone is 1. The monoisotopic (exact) mass is 199 g/mol. The molecule has 0 aromatic carbocycles. The first-order valence-corrected chi connectivity index (χ1v) is 4.30. The molecule has 0 radical (unpaired) electrons. The molecule has 1 fully saturated rings. The summed E-state index contributed by atoms with van der Waals surface area (Å²) >= 11 is 0. The largest absolute Gasteiger partial charge is 0.468 e. The van der Waals surface area contributed by atoms with Gasteiger partial charge in [-0.25, -0.2) is 0 Å². The highest BCUT2D eigenvalue weighted by molar-refractivity contribution is 6.01. The second-order valence-corrected chi connectivity index (χ2v) is 3.30. The van der Waals surface area contributed by atoms with Gasteiger partial charge in [0.2, 0.25) is 0 Å². The Morgan fingerprint density at radius 3 is 3.14 bits per heavy atom. The molecule has 0 spiro atoms. The van der Waals surface area contributed by atoms with Crippen LogP contribution in [0.25, 0.3) is 0 Å². The topological polar surface area (TPSA) is 52.6 Å². The van der Waals surface area contributed by atoms with E-state index in [1.165, 1.54) is 13.2 Å². The van der Waals surface area contributed by atoms with Crippen LogP contribution in [0.2, 0.25) is 0 Å². The number of ether oxygens (including phenoxy) is 2. The quantitative estimate of drug-likeness (QED) is 0.387. The van der Waals surface area contributed by atoms with Crippen LogP contribution in [0.4, 0.5) is 0 Å². The number of rotatable bonds is 3. The predicted octanol–water partition coefficient (Wildman–Crippen LogP) is 1.06. The van der Waals surface area contributed by atoms with E-state index in [0.717, 1.165) is 0 Å². The molecule has 1 aliphatic rings. The Morgan fingerprint density at radius 1 is 2.00 bits per heavy atom. The highest BCUT2D eigenvalue weighted by Gasteiger charge is 2.53. The van der Waals surface area contributed by atoms with E-state index in [2.05, 4.69) is 11.3 Å². The highest BCUT2D eigenvalue weighted by Crippen LogP contribution is 2.38. The molecule has 2 unspecified atom stereocenters. The lowest BCUT2D eigenvalue weighted by molar-refractivity contribution is -0.163. The van der Waals surface area contributed by atoms with Gasteiger partial charge < -0.3 is 9.47 Å². The molecule has 1 heterocycles. The van der Waals surface area contributed by atoms with Gasteiger partial charge in [0.05, 0.1) is 7.11 Å². The molecule has 4 nitrogen and oxygen atoms in total. The van der Waals surface area contributed by atoms with E-state index >= 15 is 0 Å². The number of esters is 2. The second kappa shape index (κ2) is 3.82. The van der Waals surface area contributed by atoms with Crippen molar-refractivity contribution in [2.24, 2.45) is 5.41 Å². The number of hydrogen-bond donors (Lipinski definition) is 0. The Morgan fingerprint density at radius 2 is 2.71 bits per heavy atom. The lowest BCUT2D eigenvalue weighted by Gasteiger charge is -2.19. The van der Waals surface area contributed by atoms with Crippen molar-refractivity contribution < 1.29 is 20.4 Å². The molecule has 0 amide bonds. The van der Waals surface area contributed by atoms with Gasteiger partial charge in [-0.05, 0) is 13.3 Å². The Hall–Kier alpha value is -1.32. The SMILES string of the molecule is [2H]CC1CC(CC=C)(C(=O)OC)C(=O)O1. The molecule has 0 aliphatic carbocycles. The minimum atomic E-state index is -1.28. The zero-order valence-electron chi connectivity index (χ0n) is 9.12. The lowest BCUT2D eigenvalue weighted by Crippen LogP contribution is -2.36. The molecular weight excluding hydrogens is 184 g/mol. The number of carbonyl (C=O) groups is 2. The van der Waals surface area contributed by atoms with Gasteiger partial charge in [-0.15, -0.1) is 6.58 Å². The maximum Gasteiger partial charge on any atom is 0.324 e. The molecule has 2 atom stereocenters. The normalized spacial score (nSPS) is 31.9. The number of hydrogen-bond acceptors (Lipinski definition) is 4. The molecule has 1 aliphatic heterocycles. The first-order valence-electron chi connectivity index (χ1n) is 5.01. The van der Waals surface area contributed by atoms with Crippen molar-refractivity contribution in [3.63, 3.8) is 0 Å². The maximum atomic E-state index is 11.6. The third kappa shape index (κ3) is 1.52. The average Bonchev–Trinajstić information content (AvgIpc) is 2.56. The van der Waals surface area contributed by atoms with E-state index in [4.69, 9.17) is 6.11 Å². The summed E-state index contributed by atoms with van der Waals surface area (Å²) in [5.41, 5.74) is -1.28. The van der Waals surface area contributed by atoms with Crippen molar-refractivity contribution in [1.29, 1.82) is 0 Å². The van der Waals surface area contributed by atoms with Crippen LogP contribution in [0.3, 0.4) is 0 Å². The summed E-state index contributed by atoms with van der Waals surface area (Å²) in [5.74, 6) is -1.21. The predicted molar refractivity (Wildman–Crippen MR) is 49.4 cm³/mol. The van der Waals surface area contributed by atoms with Crippen LogP contribution in [0.5, 0.6) is 0 Å². The van der Waals surface area contributed by atoms with Gasteiger partial charge >= 0.3 is 11.9 Å². The number of carbonyl (C=O) groups excluding carboxylic acids is 2. The summed E-state index contributed by atoms with van der Waals surface area (Å²) in [6, 6.07) is 0. The van der Waals surface area contributed by atoms with E-state index in [1.54, 1.807) is 0 Å². The summed E-state index contributed by atoms with van der Waals surface area (Å²) in [5, 5.41) is 0. The third-order valence-corrected chi connectivity index (χ3v) is 2.31. The standard InChI is InChI=1S/C10H14O4/c1-4-5-10(8(11)13-3)6-7(2)14-9(10)12/h4,7H,1,5-6H2,2-3H3/i2D. The summed E-state index contributed by atoms with van der Waals surface area (Å²) in [4.78, 5) is 23.2. The van der Waals surface area contributed by atoms with Crippen molar-refractivity contribution in [2.45, 2.75) is 25.8 Å². The van der Waals surface area contributed by atoms with Crippen LogP contribution in [-0.2, 0) is 19.1 Å². The smallest absolute Gasteiger partial charge is 0.324 e. The van der Waals surface area contributed by atoms with E-state index < -0.39 is 23.5 Å². The number of methoxy groups -OCH3 is 1. The molecule has 0 N–H and O–H groups in total. The molecule has 0 aromatic heterocycles. The van der Waals surface area contributed by atoms with Crippen molar-refractivity contribution >= 4 is 11.9 Å². The average molecular weight is 199 g/mol. The Kier molecular flexibility index (Phi) is 2.52. The summed E-state index contributed by atoms with van der Waals surface area (Å²) < 4.78 is 16.7. The van der Waals surface area contributed by atoms with Crippen molar-refractivity contribution in [2.75, 3.05) is 7.11 Å². The zero-order valence-corrected chi connectivity index (χ0v) is 8.12. The van der Waals surface area contributed by atoms with E-state index in [-0.39, 0.29) is 19.7 Å². The Bertz CT molecular complexity index is 289. The minimum absolute atomic E-state index is 0.0401. The lowest BCUT2D eigenvalue weighted by atomic mass is 9.81. The molecule has 0 bridgehead atoms. The first-order chi connectivity index (χ1) is 7.10. The molecule has 4 heteroatoms. The fourth-order valence-electron chi connectivity index (χ4n) is 1.64. The van der Waals surface area contributed by atoms with E-state index in [1.807, 2.05) is 0 Å². The van der Waals surface area contributed by atoms with Gasteiger partial charge in [0.25, 0.3) is 0 Å². The van der Waals surface area contributed by atoms with E-state index in [9.17, 15) is 9.59 Å². The zero-order chi connectivity index (χ0) is 11.5. The van der Waals surface area contributed by atoms with Crippen LogP contribution >= 0.6 is 0 Å². The second-order valence-electron chi connectivity index (χ2n) is 3.30. The molecule has 78 valence electrons. The molecular formula is C10H14O4. The van der Waals surface area contributed by atoms with Crippen LogP contribution in [-0.4, -0.2) is 25.2 Å². The van der Waals surface area contributed by atoms with Gasteiger partial charge in [0, 0.05) is 7.79 Å². The molecule has 14 heavy (non-hydrogen) atoms. The molecule has 1 saturated heterocycles. The summed E-state index contributed by atoms with van der Waals surface area (Å²) in [6.45, 7) is 3.47. The fourth-order valence-corrected chi connectivity index (χ4v) is 1.64. The molecule has 1 rings (SSSR count). The van der Waals surface area contributed by atoms with Crippen LogP contribution in [0.1, 0.15) is 21.1 Å². The van der Waals surface area contributed by atoms with Crippen molar-refractivity contribution in [3.05, 3.63) is 12.7 Å². The molecule has 0 saturated carbocycles. The van der Waals surface area contributed by atoms with E-state index in [0.29, 0.717) is 0 Å². The Labute approximate surface area is 84.3 Å². The summed E-state index contributed by atoms with van der Waals surface area (Å²) in [6.07, 6.45) is 1.37. The van der Waals surface area contributed by atoms with Gasteiger partial charge in [-0.1, -0.05) is 6.08 Å². The first kappa shape index (κ1) is 9.24. The van der Waals surface area contributed by atoms with Crippen LogP contribution in [0.15, 0.2) is 12.7 Å². The minimum Gasteiger partial charge on any atom is -0.468 e. The van der Waals surface area contributed by atoms with Crippen molar-refractivity contribution in [3.8, 4) is 0 Å². The van der Waals surface area contributed by atoms with Crippen LogP contribution < -0.4 is 0 Å². The van der Waals surface area contributed by atoms with Crippen LogP contribution in [0, 0.1) is 5.41 Å². The van der Waals surface area contributed by atoms with Gasteiger partial charge in [0.15, 0.2) is 5.41 Å². The van der Waals surface area contributed by atoms with Gasteiger partial charge in [-0.3, -0.25) is 9.59 Å².